The normalized spacial score (nSPS) is 22.2. The number of methoxy groups -OCH3 is 4. The summed E-state index contributed by atoms with van der Waals surface area (Å²) >= 11 is 0. The quantitative estimate of drug-likeness (QED) is 0.406. The minimum atomic E-state index is -0.661. The van der Waals surface area contributed by atoms with E-state index in [4.69, 9.17) is 24.1 Å². The molecule has 7 nitrogen and oxygen atoms in total. The van der Waals surface area contributed by atoms with Gasteiger partial charge in [0.05, 0.1) is 34.4 Å². The van der Waals surface area contributed by atoms with E-state index in [2.05, 4.69) is 12.1 Å². The van der Waals surface area contributed by atoms with Gasteiger partial charge >= 0.3 is 5.97 Å². The number of carbonyl (C=O) groups is 2. The number of hydrogen-bond acceptors (Lipinski definition) is 6. The number of hydrogen-bond donors (Lipinski definition) is 1. The van der Waals surface area contributed by atoms with Crippen molar-refractivity contribution >= 4 is 11.8 Å². The number of carboxylic acids is 1. The molecule has 2 aliphatic carbocycles. The van der Waals surface area contributed by atoms with E-state index in [-0.39, 0.29) is 11.8 Å². The first kappa shape index (κ1) is 29.3. The monoisotopic (exact) mass is 526 g/mol. The molecular formula is C31H42O7. The van der Waals surface area contributed by atoms with Gasteiger partial charge in [-0.15, -0.1) is 0 Å². The second-order valence-electron chi connectivity index (χ2n) is 10.6. The Kier molecular flexibility index (Phi) is 10.9. The predicted molar refractivity (Wildman–Crippen MR) is 146 cm³/mol. The third-order valence-electron chi connectivity index (χ3n) is 7.88. The van der Waals surface area contributed by atoms with Gasteiger partial charge in [-0.05, 0) is 106 Å². The van der Waals surface area contributed by atoms with E-state index in [0.29, 0.717) is 17.6 Å². The van der Waals surface area contributed by atoms with Gasteiger partial charge in [0, 0.05) is 18.1 Å². The Morgan fingerprint density at radius 3 is 1.32 bits per heavy atom. The Hall–Kier alpha value is -3.22. The Balaban J connectivity index is 0.000000211. The van der Waals surface area contributed by atoms with Crippen LogP contribution in [0.3, 0.4) is 0 Å². The molecule has 0 unspecified atom stereocenters. The molecule has 7 heteroatoms. The molecule has 0 aromatic heterocycles. The smallest absolute Gasteiger partial charge is 0.306 e. The lowest BCUT2D eigenvalue weighted by atomic mass is 9.95. The van der Waals surface area contributed by atoms with E-state index < -0.39 is 5.97 Å². The molecule has 0 heterocycles. The summed E-state index contributed by atoms with van der Waals surface area (Å²) in [6.45, 7) is 1.71. The summed E-state index contributed by atoms with van der Waals surface area (Å²) in [4.78, 5) is 22.4. The highest BCUT2D eigenvalue weighted by atomic mass is 16.5. The van der Waals surface area contributed by atoms with Gasteiger partial charge in [-0.25, -0.2) is 0 Å². The summed E-state index contributed by atoms with van der Waals surface area (Å²) in [6.07, 6.45) is 7.64. The van der Waals surface area contributed by atoms with Gasteiger partial charge in [-0.3, -0.25) is 9.59 Å². The first-order valence-electron chi connectivity index (χ1n) is 13.4. The highest BCUT2D eigenvalue weighted by Crippen LogP contribution is 2.36. The molecule has 2 aliphatic rings. The van der Waals surface area contributed by atoms with Crippen LogP contribution in [0.4, 0.5) is 0 Å². The molecule has 0 spiro atoms. The minimum Gasteiger partial charge on any atom is -0.497 e. The number of ketones is 1. The number of rotatable bonds is 10. The molecule has 0 aliphatic heterocycles. The van der Waals surface area contributed by atoms with E-state index in [1.807, 2.05) is 24.3 Å². The molecule has 0 bridgehead atoms. The minimum absolute atomic E-state index is 0.169. The molecule has 0 amide bonds. The zero-order valence-electron chi connectivity index (χ0n) is 23.3. The molecule has 2 aromatic rings. The molecule has 1 N–H and O–H groups in total. The van der Waals surface area contributed by atoms with Gasteiger partial charge in [-0.1, -0.05) is 0 Å². The molecule has 2 fully saturated rings. The fourth-order valence-electron chi connectivity index (χ4n) is 5.75. The Morgan fingerprint density at radius 1 is 0.658 bits per heavy atom. The van der Waals surface area contributed by atoms with Gasteiger partial charge in [0.2, 0.25) is 0 Å². The van der Waals surface area contributed by atoms with E-state index in [1.54, 1.807) is 35.4 Å². The lowest BCUT2D eigenvalue weighted by Gasteiger charge is -2.12. The Bertz CT molecular complexity index is 950. The largest absolute Gasteiger partial charge is 0.497 e. The summed E-state index contributed by atoms with van der Waals surface area (Å²) < 4.78 is 21.1. The van der Waals surface area contributed by atoms with Crippen molar-refractivity contribution in [1.82, 2.24) is 0 Å². The molecule has 4 rings (SSSR count). The van der Waals surface area contributed by atoms with Crippen molar-refractivity contribution < 1.29 is 33.6 Å². The Labute approximate surface area is 226 Å². The fourth-order valence-corrected chi connectivity index (χ4v) is 5.75. The van der Waals surface area contributed by atoms with Crippen LogP contribution >= 0.6 is 0 Å². The van der Waals surface area contributed by atoms with Gasteiger partial charge in [-0.2, -0.15) is 0 Å². The molecule has 208 valence electrons. The second kappa shape index (κ2) is 14.1. The van der Waals surface area contributed by atoms with Crippen molar-refractivity contribution in [3.8, 4) is 23.0 Å². The molecule has 2 saturated carbocycles. The molecule has 38 heavy (non-hydrogen) atoms. The number of carbonyl (C=O) groups excluding carboxylic acids is 1. The van der Waals surface area contributed by atoms with Crippen LogP contribution in [0.15, 0.2) is 36.4 Å². The van der Waals surface area contributed by atoms with Gasteiger partial charge in [0.1, 0.15) is 28.8 Å². The highest BCUT2D eigenvalue weighted by molar-refractivity contribution is 5.78. The number of benzene rings is 2. The van der Waals surface area contributed by atoms with Crippen molar-refractivity contribution in [3.63, 3.8) is 0 Å². The average Bonchev–Trinajstić information content (AvgIpc) is 3.58. The van der Waals surface area contributed by atoms with E-state index >= 15 is 0 Å². The Morgan fingerprint density at radius 2 is 1.03 bits per heavy atom. The number of carboxylic acid groups (broad SMARTS) is 1. The molecule has 4 atom stereocenters. The van der Waals surface area contributed by atoms with Crippen molar-refractivity contribution in [1.29, 1.82) is 0 Å². The second-order valence-corrected chi connectivity index (χ2v) is 10.6. The standard InChI is InChI=1S/C16H22O3.C15H20O4/c1-11(17)14-5-4-12(7-14)6-13-8-15(18-2)10-16(9-13)19-3;1-18-13-7-11(8-14(9-13)19-2)5-10-3-4-12(6-10)15(16)17/h8-10,12,14H,4-7H2,1-3H3;7-10,12H,3-6H2,1-2H3,(H,16,17)/t12-,14+;10-,12+/m00/s1. The molecule has 2 aromatic carbocycles. The van der Waals surface area contributed by atoms with Crippen molar-refractivity contribution in [2.45, 2.75) is 58.3 Å². The lowest BCUT2D eigenvalue weighted by molar-refractivity contribution is -0.141. The third kappa shape index (κ3) is 8.40. The summed E-state index contributed by atoms with van der Waals surface area (Å²) in [5, 5.41) is 9.02. The van der Waals surface area contributed by atoms with Crippen molar-refractivity contribution in [2.24, 2.45) is 23.7 Å². The summed E-state index contributed by atoms with van der Waals surface area (Å²) in [7, 11) is 6.60. The van der Waals surface area contributed by atoms with Crippen LogP contribution < -0.4 is 18.9 Å². The van der Waals surface area contributed by atoms with E-state index in [0.717, 1.165) is 79.9 Å². The van der Waals surface area contributed by atoms with Gasteiger partial charge in [0.15, 0.2) is 0 Å². The van der Waals surface area contributed by atoms with E-state index in [1.165, 1.54) is 5.56 Å². The molecule has 0 saturated heterocycles. The zero-order valence-corrected chi connectivity index (χ0v) is 23.3. The van der Waals surface area contributed by atoms with Crippen LogP contribution in [0.5, 0.6) is 23.0 Å². The SMILES string of the molecule is COc1cc(C[C@@H]2CC[C@@H](C(=O)O)C2)cc(OC)c1.COc1cc(C[C@@H]2CC[C@@H](C(C)=O)C2)cc(OC)c1. The van der Waals surface area contributed by atoms with Gasteiger partial charge < -0.3 is 24.1 Å². The van der Waals surface area contributed by atoms with Gasteiger partial charge in [0.25, 0.3) is 0 Å². The van der Waals surface area contributed by atoms with Crippen molar-refractivity contribution in [3.05, 3.63) is 47.5 Å². The first-order chi connectivity index (χ1) is 18.2. The van der Waals surface area contributed by atoms with Crippen LogP contribution in [0.2, 0.25) is 0 Å². The van der Waals surface area contributed by atoms with E-state index in [9.17, 15) is 9.59 Å². The molecular weight excluding hydrogens is 484 g/mol. The summed E-state index contributed by atoms with van der Waals surface area (Å²) in [6, 6.07) is 11.8. The predicted octanol–water partition coefficient (Wildman–Crippen LogP) is 6.00. The van der Waals surface area contributed by atoms with Crippen LogP contribution in [0.1, 0.15) is 56.6 Å². The maximum Gasteiger partial charge on any atom is 0.306 e. The van der Waals surface area contributed by atoms with Crippen LogP contribution in [0, 0.1) is 23.7 Å². The van der Waals surface area contributed by atoms with Crippen LogP contribution in [0.25, 0.3) is 0 Å². The highest BCUT2D eigenvalue weighted by Gasteiger charge is 2.30. The topological polar surface area (TPSA) is 91.3 Å². The average molecular weight is 527 g/mol. The maximum atomic E-state index is 11.4. The van der Waals surface area contributed by atoms with Crippen LogP contribution in [-0.2, 0) is 22.4 Å². The third-order valence-corrected chi connectivity index (χ3v) is 7.88. The van der Waals surface area contributed by atoms with Crippen molar-refractivity contribution in [2.75, 3.05) is 28.4 Å². The molecule has 0 radical (unpaired) electrons. The maximum absolute atomic E-state index is 11.4. The number of ether oxygens (including phenoxy) is 4. The fraction of sp³-hybridized carbons (Fsp3) is 0.548. The number of Topliss-reactive ketones (excluding diaryl/α,β-unsaturated/α-hetero) is 1. The number of aliphatic carboxylic acids is 1. The first-order valence-corrected chi connectivity index (χ1v) is 13.4. The summed E-state index contributed by atoms with van der Waals surface area (Å²) in [5.41, 5.74) is 2.37. The zero-order chi connectivity index (χ0) is 27.7. The lowest BCUT2D eigenvalue weighted by Crippen LogP contribution is -2.10. The summed E-state index contributed by atoms with van der Waals surface area (Å²) in [5.74, 6) is 4.05. The van der Waals surface area contributed by atoms with Crippen LogP contribution in [-0.4, -0.2) is 45.3 Å².